The third-order valence-corrected chi connectivity index (χ3v) is 5.40. The molecule has 1 aliphatic rings. The number of H-pyrrole nitrogens is 1. The standard InChI is InChI=1S/C22H22ClN3O4.CH4/c1-2-29-22(28)26-10-9-16-17-11-14(23)5-8-18(17)25-20(16)21(26)13-3-6-15(7-4-13)30-12-19(24)27;/h3-8,11,21,25H,2,9-10,12H2,1H3,(H2,24,27);1H4. The molecule has 3 aromatic rings. The molecule has 1 aromatic heterocycles. The van der Waals surface area contributed by atoms with Gasteiger partial charge in [0.15, 0.2) is 6.61 Å². The van der Waals surface area contributed by atoms with Crippen LogP contribution in [0.3, 0.4) is 0 Å². The van der Waals surface area contributed by atoms with E-state index in [1.54, 1.807) is 24.0 Å². The van der Waals surface area contributed by atoms with Gasteiger partial charge in [-0.25, -0.2) is 4.79 Å². The Morgan fingerprint density at radius 2 is 1.97 bits per heavy atom. The predicted octanol–water partition coefficient (Wildman–Crippen LogP) is 4.43. The van der Waals surface area contributed by atoms with Crippen LogP contribution < -0.4 is 10.5 Å². The zero-order chi connectivity index (χ0) is 21.3. The number of benzene rings is 2. The fourth-order valence-electron chi connectivity index (χ4n) is 3.91. The van der Waals surface area contributed by atoms with Crippen molar-refractivity contribution in [3.05, 3.63) is 64.3 Å². The van der Waals surface area contributed by atoms with Gasteiger partial charge in [0, 0.05) is 28.2 Å². The van der Waals surface area contributed by atoms with Crippen LogP contribution in [0.25, 0.3) is 10.9 Å². The van der Waals surface area contributed by atoms with Gasteiger partial charge < -0.3 is 20.2 Å². The second kappa shape index (κ2) is 9.31. The summed E-state index contributed by atoms with van der Waals surface area (Å²) >= 11 is 6.22. The number of nitrogens with zero attached hydrogens (tertiary/aromatic N) is 1. The molecule has 0 aliphatic carbocycles. The lowest BCUT2D eigenvalue weighted by Crippen LogP contribution is -2.40. The Morgan fingerprint density at radius 1 is 1.23 bits per heavy atom. The number of fused-ring (bicyclic) bond motifs is 3. The molecule has 3 N–H and O–H groups in total. The summed E-state index contributed by atoms with van der Waals surface area (Å²) in [6, 6.07) is 12.7. The molecule has 0 spiro atoms. The van der Waals surface area contributed by atoms with Crippen molar-refractivity contribution in [3.8, 4) is 5.75 Å². The van der Waals surface area contributed by atoms with Crippen LogP contribution in [0, 0.1) is 0 Å². The van der Waals surface area contributed by atoms with E-state index in [2.05, 4.69) is 4.98 Å². The Balaban J connectivity index is 0.00000272. The van der Waals surface area contributed by atoms with Crippen LogP contribution in [0.15, 0.2) is 42.5 Å². The molecule has 164 valence electrons. The number of carbonyl (C=O) groups excluding carboxylic acids is 2. The summed E-state index contributed by atoms with van der Waals surface area (Å²) < 4.78 is 10.7. The first-order valence-corrected chi connectivity index (χ1v) is 10.1. The van der Waals surface area contributed by atoms with Crippen molar-refractivity contribution in [2.24, 2.45) is 5.73 Å². The number of rotatable bonds is 5. The third kappa shape index (κ3) is 4.46. The number of primary amides is 1. The number of nitrogens with one attached hydrogen (secondary N) is 1. The molecule has 2 heterocycles. The van der Waals surface area contributed by atoms with Gasteiger partial charge in [-0.3, -0.25) is 9.69 Å². The van der Waals surface area contributed by atoms with E-state index in [1.165, 1.54) is 0 Å². The second-order valence-electron chi connectivity index (χ2n) is 7.08. The maximum atomic E-state index is 12.7. The van der Waals surface area contributed by atoms with E-state index in [0.717, 1.165) is 27.7 Å². The predicted molar refractivity (Wildman–Crippen MR) is 120 cm³/mol. The van der Waals surface area contributed by atoms with Crippen LogP contribution in [0.5, 0.6) is 5.75 Å². The highest BCUT2D eigenvalue weighted by Crippen LogP contribution is 2.39. The zero-order valence-corrected chi connectivity index (χ0v) is 17.2. The topological polar surface area (TPSA) is 97.7 Å². The van der Waals surface area contributed by atoms with Crippen molar-refractivity contribution in [3.63, 3.8) is 0 Å². The van der Waals surface area contributed by atoms with Crippen LogP contribution in [0.1, 0.15) is 37.2 Å². The molecule has 0 bridgehead atoms. The fourth-order valence-corrected chi connectivity index (χ4v) is 4.08. The van der Waals surface area contributed by atoms with Gasteiger partial charge in [0.1, 0.15) is 11.8 Å². The number of aromatic amines is 1. The Hall–Kier alpha value is -3.19. The lowest BCUT2D eigenvalue weighted by atomic mass is 9.92. The van der Waals surface area contributed by atoms with Gasteiger partial charge in [0.2, 0.25) is 0 Å². The van der Waals surface area contributed by atoms with Crippen molar-refractivity contribution in [1.29, 1.82) is 0 Å². The van der Waals surface area contributed by atoms with Gasteiger partial charge in [0.05, 0.1) is 6.61 Å². The van der Waals surface area contributed by atoms with Gasteiger partial charge in [0.25, 0.3) is 5.91 Å². The molecule has 2 aromatic carbocycles. The Kier molecular flexibility index (Phi) is 6.75. The number of carbonyl (C=O) groups is 2. The highest BCUT2D eigenvalue weighted by Gasteiger charge is 2.35. The van der Waals surface area contributed by atoms with E-state index in [4.69, 9.17) is 26.8 Å². The summed E-state index contributed by atoms with van der Waals surface area (Å²) in [4.78, 5) is 28.8. The Bertz CT molecular complexity index is 1090. The van der Waals surface area contributed by atoms with E-state index in [0.29, 0.717) is 30.3 Å². The normalized spacial score (nSPS) is 15.2. The number of hydrogen-bond acceptors (Lipinski definition) is 4. The third-order valence-electron chi connectivity index (χ3n) is 5.17. The molecule has 7 nitrogen and oxygen atoms in total. The van der Waals surface area contributed by atoms with Crippen LogP contribution in [-0.2, 0) is 16.0 Å². The first-order valence-electron chi connectivity index (χ1n) is 9.72. The molecular weight excluding hydrogens is 418 g/mol. The fraction of sp³-hybridized carbons (Fsp3) is 0.304. The van der Waals surface area contributed by atoms with Gasteiger partial charge in [-0.2, -0.15) is 0 Å². The first-order chi connectivity index (χ1) is 14.5. The number of aromatic nitrogens is 1. The molecular formula is C23H26ClN3O4. The molecule has 2 amide bonds. The highest BCUT2D eigenvalue weighted by molar-refractivity contribution is 6.31. The molecule has 1 aliphatic heterocycles. The maximum absolute atomic E-state index is 12.7. The van der Waals surface area contributed by atoms with Crippen LogP contribution >= 0.6 is 11.6 Å². The molecule has 1 unspecified atom stereocenters. The summed E-state index contributed by atoms with van der Waals surface area (Å²) in [5.41, 5.74) is 9.09. The lowest BCUT2D eigenvalue weighted by Gasteiger charge is -2.35. The maximum Gasteiger partial charge on any atom is 0.410 e. The quantitative estimate of drug-likeness (QED) is 0.609. The van der Waals surface area contributed by atoms with Gasteiger partial charge in [-0.15, -0.1) is 0 Å². The Labute approximate surface area is 186 Å². The average Bonchev–Trinajstić information content (AvgIpc) is 3.10. The molecule has 0 saturated carbocycles. The molecule has 1 atom stereocenters. The van der Waals surface area contributed by atoms with Crippen molar-refractivity contribution >= 4 is 34.5 Å². The first kappa shape index (κ1) is 22.5. The van der Waals surface area contributed by atoms with Crippen molar-refractivity contribution < 1.29 is 19.1 Å². The minimum absolute atomic E-state index is 0. The smallest absolute Gasteiger partial charge is 0.410 e. The number of ether oxygens (including phenoxy) is 2. The van der Waals surface area contributed by atoms with Gasteiger partial charge in [-0.1, -0.05) is 31.2 Å². The minimum Gasteiger partial charge on any atom is -0.484 e. The number of amides is 2. The summed E-state index contributed by atoms with van der Waals surface area (Å²) in [5.74, 6) is -0.0130. The van der Waals surface area contributed by atoms with E-state index < -0.39 is 5.91 Å². The van der Waals surface area contributed by atoms with E-state index in [-0.39, 0.29) is 26.2 Å². The molecule has 8 heteroatoms. The summed E-state index contributed by atoms with van der Waals surface area (Å²) in [5, 5.41) is 1.73. The number of nitrogens with two attached hydrogens (primary N) is 1. The van der Waals surface area contributed by atoms with Crippen LogP contribution in [0.2, 0.25) is 5.02 Å². The largest absolute Gasteiger partial charge is 0.484 e. The van der Waals surface area contributed by atoms with Gasteiger partial charge in [-0.05, 0) is 54.8 Å². The van der Waals surface area contributed by atoms with Crippen molar-refractivity contribution in [2.45, 2.75) is 26.8 Å². The van der Waals surface area contributed by atoms with Crippen molar-refractivity contribution in [1.82, 2.24) is 9.88 Å². The molecule has 0 radical (unpaired) electrons. The number of hydrogen-bond donors (Lipinski definition) is 2. The molecule has 31 heavy (non-hydrogen) atoms. The molecule has 0 fully saturated rings. The summed E-state index contributed by atoms with van der Waals surface area (Å²) in [7, 11) is 0. The van der Waals surface area contributed by atoms with E-state index in [9.17, 15) is 9.59 Å². The van der Waals surface area contributed by atoms with Crippen LogP contribution in [-0.4, -0.2) is 41.6 Å². The Morgan fingerprint density at radius 3 is 2.65 bits per heavy atom. The summed E-state index contributed by atoms with van der Waals surface area (Å²) in [6.45, 7) is 2.43. The average molecular weight is 444 g/mol. The van der Waals surface area contributed by atoms with E-state index >= 15 is 0 Å². The zero-order valence-electron chi connectivity index (χ0n) is 16.5. The van der Waals surface area contributed by atoms with Crippen molar-refractivity contribution in [2.75, 3.05) is 19.8 Å². The monoisotopic (exact) mass is 443 g/mol. The SMILES string of the molecule is C.CCOC(=O)N1CCc2c([nH]c3ccc(Cl)cc23)C1c1ccc(OCC(N)=O)cc1. The molecule has 0 saturated heterocycles. The second-order valence-corrected chi connectivity index (χ2v) is 7.51. The summed E-state index contributed by atoms with van der Waals surface area (Å²) in [6.07, 6.45) is 0.337. The lowest BCUT2D eigenvalue weighted by molar-refractivity contribution is -0.119. The minimum atomic E-state index is -0.541. The number of halogens is 1. The van der Waals surface area contributed by atoms with E-state index in [1.807, 2.05) is 30.3 Å². The van der Waals surface area contributed by atoms with Gasteiger partial charge >= 0.3 is 6.09 Å². The highest BCUT2D eigenvalue weighted by atomic mass is 35.5. The van der Waals surface area contributed by atoms with Crippen LogP contribution in [0.4, 0.5) is 4.79 Å². The molecule has 4 rings (SSSR count).